The number of carbonyl (C=O) groups is 6. The van der Waals surface area contributed by atoms with Crippen molar-refractivity contribution in [1.82, 2.24) is 0 Å². The maximum absolute atomic E-state index is 13.7. The molecule has 1 N–H and O–H groups in total. The number of allylic oxidation sites excluding steroid dienone is 1. The van der Waals surface area contributed by atoms with Crippen molar-refractivity contribution in [1.29, 1.82) is 0 Å². The molecule has 0 aromatic heterocycles. The first-order chi connectivity index (χ1) is 31.3. The van der Waals surface area contributed by atoms with E-state index in [0.29, 0.717) is 38.5 Å². The zero-order chi connectivity index (χ0) is 50.8. The van der Waals surface area contributed by atoms with E-state index in [-0.39, 0.29) is 73.2 Å². The van der Waals surface area contributed by atoms with E-state index in [1.54, 1.807) is 26.8 Å². The van der Waals surface area contributed by atoms with Gasteiger partial charge in [0.2, 0.25) is 0 Å². The molecule has 2 fully saturated rings. The van der Waals surface area contributed by atoms with Crippen molar-refractivity contribution >= 4 is 35.8 Å². The van der Waals surface area contributed by atoms with Gasteiger partial charge >= 0.3 is 35.8 Å². The summed E-state index contributed by atoms with van der Waals surface area (Å²) in [4.78, 5) is 77.2. The number of hydrogen-bond donors (Lipinski definition) is 1. The monoisotopic (exact) mass is 951 g/mol. The van der Waals surface area contributed by atoms with Gasteiger partial charge in [-0.2, -0.15) is 0 Å². The highest BCUT2D eigenvalue weighted by Crippen LogP contribution is 2.46. The average molecular weight is 951 g/mol. The molecule has 384 valence electrons. The third-order valence-corrected chi connectivity index (χ3v) is 12.7. The Morgan fingerprint density at radius 2 is 1.25 bits per heavy atom. The molecule has 0 saturated carbocycles. The molecule has 0 aromatic carbocycles. The van der Waals surface area contributed by atoms with Crippen molar-refractivity contribution < 1.29 is 71.8 Å². The second-order valence-corrected chi connectivity index (χ2v) is 20.5. The molecule has 2 aliphatic heterocycles. The van der Waals surface area contributed by atoms with Crippen LogP contribution in [0.3, 0.4) is 0 Å². The van der Waals surface area contributed by atoms with Gasteiger partial charge in [0.25, 0.3) is 0 Å². The molecule has 2 saturated heterocycles. The first-order valence-electron chi connectivity index (χ1n) is 24.6. The lowest BCUT2D eigenvalue weighted by molar-refractivity contribution is -0.347. The van der Waals surface area contributed by atoms with Crippen LogP contribution in [0.4, 0.5) is 0 Å². The summed E-state index contributed by atoms with van der Waals surface area (Å²) in [5.41, 5.74) is 1.06. The predicted molar refractivity (Wildman–Crippen MR) is 252 cm³/mol. The van der Waals surface area contributed by atoms with Gasteiger partial charge in [-0.25, -0.2) is 4.79 Å². The Morgan fingerprint density at radius 3 is 1.79 bits per heavy atom. The molecule has 13 atom stereocenters. The van der Waals surface area contributed by atoms with Crippen molar-refractivity contribution in [2.24, 2.45) is 41.4 Å². The third kappa shape index (κ3) is 20.4. The van der Waals surface area contributed by atoms with Crippen molar-refractivity contribution in [3.63, 3.8) is 0 Å². The van der Waals surface area contributed by atoms with Gasteiger partial charge in [0.05, 0.1) is 26.4 Å². The Labute approximate surface area is 401 Å². The fraction of sp³-hybridized carbons (Fsp3) is 0.808. The number of ether oxygens (including phenoxy) is 8. The minimum atomic E-state index is -1.14. The van der Waals surface area contributed by atoms with Crippen LogP contribution in [-0.2, 0) is 66.7 Å². The summed E-state index contributed by atoms with van der Waals surface area (Å²) in [6.45, 7) is 23.8. The lowest BCUT2D eigenvalue weighted by atomic mass is 9.79. The van der Waals surface area contributed by atoms with Crippen LogP contribution in [0.15, 0.2) is 23.3 Å². The summed E-state index contributed by atoms with van der Waals surface area (Å²) >= 11 is 0. The highest BCUT2D eigenvalue weighted by atomic mass is 16.7. The van der Waals surface area contributed by atoms with Gasteiger partial charge in [-0.3, -0.25) is 24.0 Å². The van der Waals surface area contributed by atoms with Gasteiger partial charge in [-0.05, 0) is 87.0 Å². The van der Waals surface area contributed by atoms with Crippen LogP contribution < -0.4 is 0 Å². The summed E-state index contributed by atoms with van der Waals surface area (Å²) in [7, 11) is 2.65. The number of methoxy groups -OCH3 is 2. The molecular weight excluding hydrogens is 865 g/mol. The molecule has 2 rings (SSSR count). The molecule has 15 nitrogen and oxygen atoms in total. The van der Waals surface area contributed by atoms with Gasteiger partial charge in [0.1, 0.15) is 30.5 Å². The van der Waals surface area contributed by atoms with Gasteiger partial charge in [0.15, 0.2) is 5.79 Å². The Bertz CT molecular complexity index is 1670. The minimum Gasteiger partial charge on any atom is -0.469 e. The molecular formula is C52H86O15. The molecule has 0 amide bonds. The van der Waals surface area contributed by atoms with Crippen molar-refractivity contribution in [3.8, 4) is 0 Å². The second-order valence-electron chi connectivity index (χ2n) is 20.5. The van der Waals surface area contributed by atoms with E-state index in [0.717, 1.165) is 12.0 Å². The maximum atomic E-state index is 13.7. The number of aliphatic hydroxyl groups excluding tert-OH is 1. The zero-order valence-corrected chi connectivity index (χ0v) is 43.4. The van der Waals surface area contributed by atoms with E-state index < -0.39 is 90.2 Å². The largest absolute Gasteiger partial charge is 0.469 e. The number of esters is 6. The van der Waals surface area contributed by atoms with E-state index in [1.807, 2.05) is 54.5 Å². The van der Waals surface area contributed by atoms with Crippen LogP contribution in [-0.4, -0.2) is 104 Å². The number of rotatable bonds is 26. The van der Waals surface area contributed by atoms with Crippen LogP contribution in [0.5, 0.6) is 0 Å². The van der Waals surface area contributed by atoms with Gasteiger partial charge in [0, 0.05) is 63.4 Å². The maximum Gasteiger partial charge on any atom is 0.333 e. The Hall–Kier alpha value is -3.82. The van der Waals surface area contributed by atoms with Crippen LogP contribution >= 0.6 is 0 Å². The summed E-state index contributed by atoms with van der Waals surface area (Å²) in [6.07, 6.45) is 1.79. The molecule has 0 radical (unpaired) electrons. The molecule has 2 heterocycles. The predicted octanol–water partition coefficient (Wildman–Crippen LogP) is 8.94. The topological polar surface area (TPSA) is 196 Å². The standard InChI is InChI=1S/C52H86O15/c1-16-44(54)63-40(21-20-36(10)51(59)61-15)38(12)50(62-39(13)53)42(64-46(56)22-30(2)3)27-37(11)49(65-47(57)23-31(4)5)43-25-34(8)29-52(67-43)28-33(7)24-41(66-52)48(58)35(9)19-17-18-32(6)26-45(55)60-14/h19-20,30-34,37-38,40-43,48-50,58H,16-18,21-29H2,1-15H3/b35-19+,36-20+/t32-,33+,34-,37-,38-,40-,41-,42+,43-,48+,49-,50+,52-/m0/s1. The smallest absolute Gasteiger partial charge is 0.333 e. The quantitative estimate of drug-likeness (QED) is 0.0373. The Balaban J connectivity index is 2.62. The summed E-state index contributed by atoms with van der Waals surface area (Å²) in [6, 6.07) is 0. The Morgan fingerprint density at radius 1 is 0.701 bits per heavy atom. The van der Waals surface area contributed by atoms with Crippen molar-refractivity contribution in [2.75, 3.05) is 14.2 Å². The SMILES string of the molecule is CCC(=O)O[C@@H](C/C=C(\C)C(=O)OC)[C@H](C)[C@@H](OC(C)=O)[C@@H](C[C@H](C)[C@H](OC(=O)CC(C)C)[C@@H]1C[C@H](C)C[C@]2(C[C@H](C)C[C@@H]([C@H](O)/C(C)=C/CC[C@H](C)CC(=O)OC)O2)O1)OC(=O)CC(C)C. The van der Waals surface area contributed by atoms with Crippen molar-refractivity contribution in [2.45, 2.75) is 216 Å². The number of carbonyl (C=O) groups excluding carboxylic acids is 6. The Kier molecular flexibility index (Phi) is 25.3. The molecule has 67 heavy (non-hydrogen) atoms. The summed E-state index contributed by atoms with van der Waals surface area (Å²) < 4.78 is 48.2. The molecule has 0 aromatic rings. The zero-order valence-electron chi connectivity index (χ0n) is 43.4. The van der Waals surface area contributed by atoms with Crippen LogP contribution in [0, 0.1) is 41.4 Å². The fourth-order valence-corrected chi connectivity index (χ4v) is 9.32. The van der Waals surface area contributed by atoms with E-state index in [9.17, 15) is 33.9 Å². The molecule has 0 unspecified atom stereocenters. The molecule has 0 aliphatic carbocycles. The van der Waals surface area contributed by atoms with Crippen LogP contribution in [0.1, 0.15) is 167 Å². The second kappa shape index (κ2) is 28.6. The van der Waals surface area contributed by atoms with E-state index >= 15 is 0 Å². The highest BCUT2D eigenvalue weighted by molar-refractivity contribution is 5.87. The van der Waals surface area contributed by atoms with Crippen molar-refractivity contribution in [3.05, 3.63) is 23.3 Å². The number of aliphatic hydroxyl groups is 1. The average Bonchev–Trinajstić information content (AvgIpc) is 3.23. The van der Waals surface area contributed by atoms with Crippen LogP contribution in [0.25, 0.3) is 0 Å². The van der Waals surface area contributed by atoms with E-state index in [1.165, 1.54) is 21.1 Å². The molecule has 0 bridgehead atoms. The third-order valence-electron chi connectivity index (χ3n) is 12.7. The minimum absolute atomic E-state index is 0.00306. The fourth-order valence-electron chi connectivity index (χ4n) is 9.32. The van der Waals surface area contributed by atoms with Gasteiger partial charge in [-0.15, -0.1) is 0 Å². The molecule has 15 heteroatoms. The summed E-state index contributed by atoms with van der Waals surface area (Å²) in [5.74, 6) is -5.11. The van der Waals surface area contributed by atoms with Crippen LogP contribution in [0.2, 0.25) is 0 Å². The van der Waals surface area contributed by atoms with E-state index in [2.05, 4.69) is 13.8 Å². The number of hydrogen-bond acceptors (Lipinski definition) is 15. The molecule has 2 aliphatic rings. The first-order valence-corrected chi connectivity index (χ1v) is 24.6. The first kappa shape index (κ1) is 59.3. The molecule has 1 spiro atoms. The highest BCUT2D eigenvalue weighted by Gasteiger charge is 2.51. The summed E-state index contributed by atoms with van der Waals surface area (Å²) in [5, 5.41) is 11.7. The van der Waals surface area contributed by atoms with E-state index in [4.69, 9.17) is 37.9 Å². The van der Waals surface area contributed by atoms with Gasteiger partial charge < -0.3 is 43.0 Å². The lowest BCUT2D eigenvalue weighted by Crippen LogP contribution is -2.57. The normalized spacial score (nSPS) is 24.9. The van der Waals surface area contributed by atoms with Gasteiger partial charge in [-0.1, -0.05) is 81.4 Å². The lowest BCUT2D eigenvalue weighted by Gasteiger charge is -2.52.